The van der Waals surface area contributed by atoms with E-state index in [2.05, 4.69) is 29.1 Å². The summed E-state index contributed by atoms with van der Waals surface area (Å²) in [6, 6.07) is 35.5. The molecule has 0 spiro atoms. The summed E-state index contributed by atoms with van der Waals surface area (Å²) in [5, 5.41) is 8.68. The van der Waals surface area contributed by atoms with Gasteiger partial charge in [-0.2, -0.15) is 10.2 Å². The molecule has 0 radical (unpaired) electrons. The van der Waals surface area contributed by atoms with Gasteiger partial charge in [-0.1, -0.05) is 154 Å². The topological polar surface area (TPSA) is 108 Å². The first-order valence-electron chi connectivity index (χ1n) is 25.6. The molecule has 5 rings (SSSR count). The van der Waals surface area contributed by atoms with Crippen LogP contribution in [0.5, 0.6) is 23.0 Å². The van der Waals surface area contributed by atoms with Crippen LogP contribution in [0, 0.1) is 0 Å². The normalized spacial score (nSPS) is 11.3. The number of carbonyl (C=O) groups excluding carboxylic acids is 2. The predicted octanol–water partition coefficient (Wildman–Crippen LogP) is 17.7. The highest BCUT2D eigenvalue weighted by molar-refractivity contribution is 5.92. The molecular formula is C59H75N3O6. The van der Waals surface area contributed by atoms with E-state index in [9.17, 15) is 9.59 Å². The van der Waals surface area contributed by atoms with Crippen LogP contribution in [0.25, 0.3) is 0 Å². The van der Waals surface area contributed by atoms with Crippen LogP contribution in [0.1, 0.15) is 181 Å². The summed E-state index contributed by atoms with van der Waals surface area (Å²) in [7, 11) is 0. The van der Waals surface area contributed by atoms with E-state index in [1.165, 1.54) is 128 Å². The van der Waals surface area contributed by atoms with Crippen molar-refractivity contribution in [2.45, 2.75) is 155 Å². The minimum absolute atomic E-state index is 0.388. The average molecular weight is 922 g/mol. The monoisotopic (exact) mass is 922 g/mol. The molecule has 0 amide bonds. The summed E-state index contributed by atoms with van der Waals surface area (Å²) in [6.45, 7) is 5.92. The van der Waals surface area contributed by atoms with Crippen molar-refractivity contribution >= 4 is 35.2 Å². The van der Waals surface area contributed by atoms with Gasteiger partial charge in [-0.25, -0.2) is 9.59 Å². The van der Waals surface area contributed by atoms with Crippen molar-refractivity contribution in [3.8, 4) is 23.0 Å². The summed E-state index contributed by atoms with van der Waals surface area (Å²) in [5.41, 5.74) is 3.57. The molecule has 0 heterocycles. The van der Waals surface area contributed by atoms with Gasteiger partial charge in [0.15, 0.2) is 0 Å². The number of ether oxygens (including phenoxy) is 4. The van der Waals surface area contributed by atoms with Gasteiger partial charge in [0.25, 0.3) is 0 Å². The molecule has 0 aliphatic heterocycles. The quantitative estimate of drug-likeness (QED) is 0.0134. The van der Waals surface area contributed by atoms with E-state index in [4.69, 9.17) is 18.9 Å². The molecule has 362 valence electrons. The lowest BCUT2D eigenvalue weighted by Gasteiger charge is -2.08. The van der Waals surface area contributed by atoms with E-state index >= 15 is 0 Å². The van der Waals surface area contributed by atoms with E-state index < -0.39 is 11.9 Å². The zero-order chi connectivity index (χ0) is 47.7. The van der Waals surface area contributed by atoms with Gasteiger partial charge in [0.05, 0.1) is 41.4 Å². The second kappa shape index (κ2) is 32.6. The molecule has 0 saturated heterocycles. The van der Waals surface area contributed by atoms with Gasteiger partial charge in [0.1, 0.15) is 23.0 Å². The predicted molar refractivity (Wildman–Crippen MR) is 277 cm³/mol. The van der Waals surface area contributed by atoms with Crippen molar-refractivity contribution < 1.29 is 28.5 Å². The summed E-state index contributed by atoms with van der Waals surface area (Å²) < 4.78 is 23.1. The lowest BCUT2D eigenvalue weighted by Crippen LogP contribution is -2.08. The second-order valence-electron chi connectivity index (χ2n) is 17.6. The van der Waals surface area contributed by atoms with Gasteiger partial charge in [0.2, 0.25) is 0 Å². The Balaban J connectivity index is 0.955. The Bertz CT molecular complexity index is 2200. The lowest BCUT2D eigenvalue weighted by molar-refractivity contribution is 0.0725. The third-order valence-corrected chi connectivity index (χ3v) is 11.8. The van der Waals surface area contributed by atoms with Gasteiger partial charge in [-0.05, 0) is 128 Å². The molecule has 5 aromatic rings. The van der Waals surface area contributed by atoms with Crippen LogP contribution in [-0.4, -0.2) is 31.4 Å². The molecule has 0 atom stereocenters. The highest BCUT2D eigenvalue weighted by Gasteiger charge is 2.11. The van der Waals surface area contributed by atoms with Gasteiger partial charge in [-0.15, -0.1) is 0 Å². The van der Waals surface area contributed by atoms with Gasteiger partial charge < -0.3 is 18.9 Å². The third kappa shape index (κ3) is 21.7. The number of nitrogens with zero attached hydrogens (tertiary/aromatic N) is 3. The van der Waals surface area contributed by atoms with E-state index in [0.717, 1.165) is 36.5 Å². The summed E-state index contributed by atoms with van der Waals surface area (Å²) >= 11 is 0. The molecule has 0 bridgehead atoms. The second-order valence-corrected chi connectivity index (χ2v) is 17.6. The van der Waals surface area contributed by atoms with Crippen molar-refractivity contribution in [3.05, 3.63) is 138 Å². The maximum atomic E-state index is 13.0. The molecule has 0 unspecified atom stereocenters. The molecular weight excluding hydrogens is 847 g/mol. The lowest BCUT2D eigenvalue weighted by atomic mass is 10.1. The van der Waals surface area contributed by atoms with Gasteiger partial charge >= 0.3 is 11.9 Å². The molecule has 0 N–H and O–H groups in total. The molecule has 0 aromatic heterocycles. The fourth-order valence-electron chi connectivity index (χ4n) is 7.73. The molecule has 0 fully saturated rings. The first-order valence-corrected chi connectivity index (χ1v) is 25.6. The first-order chi connectivity index (χ1) is 33.5. The van der Waals surface area contributed by atoms with Crippen molar-refractivity contribution in [2.24, 2.45) is 15.2 Å². The number of azo groups is 1. The Labute approximate surface area is 406 Å². The molecule has 68 heavy (non-hydrogen) atoms. The number of hydrogen-bond acceptors (Lipinski definition) is 9. The van der Waals surface area contributed by atoms with Crippen LogP contribution in [0.15, 0.2) is 137 Å². The van der Waals surface area contributed by atoms with Crippen LogP contribution >= 0.6 is 0 Å². The summed E-state index contributed by atoms with van der Waals surface area (Å²) in [6.07, 6.45) is 30.4. The van der Waals surface area contributed by atoms with Crippen molar-refractivity contribution in [1.29, 1.82) is 0 Å². The number of carbonyl (C=O) groups is 2. The Morgan fingerprint density at radius 2 is 0.765 bits per heavy atom. The maximum Gasteiger partial charge on any atom is 0.343 e. The molecule has 9 nitrogen and oxygen atoms in total. The molecule has 0 saturated carbocycles. The minimum Gasteiger partial charge on any atom is -0.494 e. The zero-order valence-electron chi connectivity index (χ0n) is 40.9. The smallest absolute Gasteiger partial charge is 0.343 e. The zero-order valence-corrected chi connectivity index (χ0v) is 40.9. The number of rotatable bonds is 34. The van der Waals surface area contributed by atoms with Gasteiger partial charge in [-0.3, -0.25) is 4.99 Å². The van der Waals surface area contributed by atoms with E-state index in [1.807, 2.05) is 42.5 Å². The number of esters is 2. The number of hydrogen-bond donors (Lipinski definition) is 0. The number of aliphatic imine (C=N–C) groups is 1. The SMILES string of the molecule is CCCCCCCCCCCCCCOc1ccc(N=Nc2ccc(C(=O)Oc3cccc(C=Nc4ccc(OC(=O)c5ccc(OCCCCCCCCCCCC)cc5)cc4)c3)cc2)cc1. The highest BCUT2D eigenvalue weighted by atomic mass is 16.5. The van der Waals surface area contributed by atoms with Crippen LogP contribution in [0.3, 0.4) is 0 Å². The van der Waals surface area contributed by atoms with Crippen molar-refractivity contribution in [3.63, 3.8) is 0 Å². The Kier molecular flexibility index (Phi) is 25.3. The van der Waals surface area contributed by atoms with Crippen molar-refractivity contribution in [1.82, 2.24) is 0 Å². The standard InChI is InChI=1S/C59H75N3O6/c1-3-5-7-9-11-13-15-16-18-20-22-24-45-66-55-40-36-53(37-41-55)62-61-52-32-28-49(29-33-52)59(64)68-57-27-25-26-48(46-57)47-60-51-34-42-56(43-35-51)67-58(63)50-30-38-54(39-31-50)65-44-23-21-19-17-14-12-10-8-6-4-2/h25-43,46-47H,3-24,44-45H2,1-2H3. The minimum atomic E-state index is -0.490. The molecule has 0 aliphatic carbocycles. The largest absolute Gasteiger partial charge is 0.494 e. The summed E-state index contributed by atoms with van der Waals surface area (Å²) in [4.78, 5) is 30.4. The summed E-state index contributed by atoms with van der Waals surface area (Å²) in [5.74, 6) is 1.44. The van der Waals surface area contributed by atoms with Crippen LogP contribution < -0.4 is 18.9 Å². The highest BCUT2D eigenvalue weighted by Crippen LogP contribution is 2.25. The van der Waals surface area contributed by atoms with Crippen molar-refractivity contribution in [2.75, 3.05) is 13.2 Å². The molecule has 5 aromatic carbocycles. The van der Waals surface area contributed by atoms with Crippen LogP contribution in [-0.2, 0) is 0 Å². The van der Waals surface area contributed by atoms with E-state index in [-0.39, 0.29) is 0 Å². The third-order valence-electron chi connectivity index (χ3n) is 11.8. The van der Waals surface area contributed by atoms with E-state index in [1.54, 1.807) is 85.1 Å². The Morgan fingerprint density at radius 3 is 1.24 bits per heavy atom. The first kappa shape index (κ1) is 52.9. The number of unbranched alkanes of at least 4 members (excludes halogenated alkanes) is 20. The average Bonchev–Trinajstić information content (AvgIpc) is 3.37. The molecule has 0 aliphatic rings. The van der Waals surface area contributed by atoms with Crippen LogP contribution in [0.2, 0.25) is 0 Å². The fourth-order valence-corrected chi connectivity index (χ4v) is 7.73. The fraction of sp³-hybridized carbons (Fsp3) is 0.441. The Morgan fingerprint density at radius 1 is 0.397 bits per heavy atom. The maximum absolute atomic E-state index is 13.0. The van der Waals surface area contributed by atoms with Crippen LogP contribution in [0.4, 0.5) is 17.1 Å². The van der Waals surface area contributed by atoms with E-state index in [0.29, 0.717) is 46.3 Å². The number of benzene rings is 5. The Hall–Kier alpha value is -6.09. The van der Waals surface area contributed by atoms with Gasteiger partial charge in [0, 0.05) is 6.21 Å². The molecule has 9 heteroatoms.